The van der Waals surface area contributed by atoms with Crippen molar-refractivity contribution in [2.75, 3.05) is 31.1 Å². The molecule has 1 aliphatic heterocycles. The van der Waals surface area contributed by atoms with Crippen LogP contribution in [0.1, 0.15) is 30.7 Å². The largest absolute Gasteiger partial charge is 0.372 e. The van der Waals surface area contributed by atoms with E-state index in [-0.39, 0.29) is 0 Å². The number of hydrogen-bond acceptors (Lipinski definition) is 6. The molecule has 6 nitrogen and oxygen atoms in total. The fourth-order valence-electron chi connectivity index (χ4n) is 4.27. The average molecular weight is 451 g/mol. The third kappa shape index (κ3) is 5.49. The van der Waals surface area contributed by atoms with Crippen molar-refractivity contribution < 1.29 is 0 Å². The predicted molar refractivity (Wildman–Crippen MR) is 138 cm³/mol. The van der Waals surface area contributed by atoms with Crippen LogP contribution in [0, 0.1) is 18.3 Å². The lowest BCUT2D eigenvalue weighted by Gasteiger charge is -2.37. The molecule has 4 rings (SSSR count). The van der Waals surface area contributed by atoms with Gasteiger partial charge in [0.15, 0.2) is 5.82 Å². The fraction of sp³-hybridized carbons (Fsp3) is 0.286. The second kappa shape index (κ2) is 10.3. The molecule has 1 saturated heterocycles. The number of benzene rings is 1. The van der Waals surface area contributed by atoms with Gasteiger partial charge in [0, 0.05) is 55.9 Å². The van der Waals surface area contributed by atoms with E-state index >= 15 is 0 Å². The van der Waals surface area contributed by atoms with Crippen molar-refractivity contribution in [3.63, 3.8) is 0 Å². The molecule has 6 heteroatoms. The molecular weight excluding hydrogens is 420 g/mol. The Hall–Kier alpha value is -3.98. The van der Waals surface area contributed by atoms with Crippen molar-refractivity contribution in [2.24, 2.45) is 4.99 Å². The Balaban J connectivity index is 1.43. The Kier molecular flexibility index (Phi) is 7.03. The highest BCUT2D eigenvalue weighted by Crippen LogP contribution is 2.25. The van der Waals surface area contributed by atoms with E-state index in [9.17, 15) is 5.26 Å². The lowest BCUT2D eigenvalue weighted by Crippen LogP contribution is -2.45. The summed E-state index contributed by atoms with van der Waals surface area (Å²) >= 11 is 0. The number of rotatable bonds is 6. The van der Waals surface area contributed by atoms with E-state index in [0.717, 1.165) is 65.7 Å². The molecule has 1 aliphatic rings. The molecule has 2 aromatic heterocycles. The monoisotopic (exact) mass is 450 g/mol. The lowest BCUT2D eigenvalue weighted by molar-refractivity contribution is 0.323. The minimum atomic E-state index is 0.658. The number of hydrogen-bond donors (Lipinski definition) is 0. The number of aliphatic imine (C=N–C) groups is 1. The van der Waals surface area contributed by atoms with Gasteiger partial charge in [0.1, 0.15) is 0 Å². The quantitative estimate of drug-likeness (QED) is 0.476. The Bertz CT molecular complexity index is 1240. The number of aryl methyl sites for hydroxylation is 1. The molecule has 3 heterocycles. The molecule has 1 aromatic carbocycles. The number of pyridine rings is 2. The molecule has 172 valence electrons. The molecular formula is C28H30N6. The van der Waals surface area contributed by atoms with Crippen LogP contribution in [-0.2, 0) is 6.42 Å². The normalized spacial score (nSPS) is 14.1. The standard InChI is InChI=1S/C28H30N6/c1-20(2)33-11-13-34(14-12-33)26-6-8-28(31-19-26)32-22(4)15-23-5-7-27(25(17-23)18-29)24-9-10-30-21(3)16-24/h5-10,16-17,19H,1,11-15H2,2-4H3. The summed E-state index contributed by atoms with van der Waals surface area (Å²) in [6.45, 7) is 13.9. The molecule has 0 aliphatic carbocycles. The van der Waals surface area contributed by atoms with Gasteiger partial charge in [-0.2, -0.15) is 5.26 Å². The molecule has 3 aromatic rings. The Morgan fingerprint density at radius 2 is 1.85 bits per heavy atom. The smallest absolute Gasteiger partial charge is 0.151 e. The zero-order chi connectivity index (χ0) is 24.1. The average Bonchev–Trinajstić information content (AvgIpc) is 2.84. The first-order valence-electron chi connectivity index (χ1n) is 11.5. The lowest BCUT2D eigenvalue weighted by atomic mass is 9.97. The van der Waals surface area contributed by atoms with Crippen LogP contribution in [0.15, 0.2) is 72.1 Å². The Morgan fingerprint density at radius 1 is 1.06 bits per heavy atom. The highest BCUT2D eigenvalue weighted by atomic mass is 15.3. The molecule has 0 N–H and O–H groups in total. The fourth-order valence-corrected chi connectivity index (χ4v) is 4.27. The predicted octanol–water partition coefficient (Wildman–Crippen LogP) is 5.31. The zero-order valence-electron chi connectivity index (χ0n) is 20.1. The molecule has 0 radical (unpaired) electrons. The molecule has 34 heavy (non-hydrogen) atoms. The first-order chi connectivity index (χ1) is 16.4. The van der Waals surface area contributed by atoms with Crippen molar-refractivity contribution in [3.8, 4) is 17.2 Å². The molecule has 0 atom stereocenters. The van der Waals surface area contributed by atoms with Crippen LogP contribution in [0.3, 0.4) is 0 Å². The highest BCUT2D eigenvalue weighted by Gasteiger charge is 2.16. The maximum atomic E-state index is 9.70. The van der Waals surface area contributed by atoms with E-state index < -0.39 is 0 Å². The van der Waals surface area contributed by atoms with Crippen LogP contribution >= 0.6 is 0 Å². The summed E-state index contributed by atoms with van der Waals surface area (Å²) in [5.74, 6) is 0.700. The maximum absolute atomic E-state index is 9.70. The number of anilines is 1. The van der Waals surface area contributed by atoms with Crippen molar-refractivity contribution in [1.82, 2.24) is 14.9 Å². The number of piperazine rings is 1. The molecule has 0 saturated carbocycles. The van der Waals surface area contributed by atoms with Crippen molar-refractivity contribution >= 4 is 17.2 Å². The second-order valence-corrected chi connectivity index (χ2v) is 8.79. The van der Waals surface area contributed by atoms with Gasteiger partial charge in [0.2, 0.25) is 0 Å². The van der Waals surface area contributed by atoms with Gasteiger partial charge in [-0.1, -0.05) is 18.7 Å². The van der Waals surface area contributed by atoms with Crippen LogP contribution in [0.25, 0.3) is 11.1 Å². The molecule has 0 spiro atoms. The number of nitrogens with zero attached hydrogens (tertiary/aromatic N) is 6. The van der Waals surface area contributed by atoms with Crippen LogP contribution in [0.4, 0.5) is 11.5 Å². The Morgan fingerprint density at radius 3 is 2.50 bits per heavy atom. The molecule has 0 amide bonds. The SMILES string of the molecule is C=C(C)N1CCN(c2ccc(N=C(C)Cc3ccc(-c4ccnc(C)c4)c(C#N)c3)nc2)CC1. The van der Waals surface area contributed by atoms with Crippen molar-refractivity contribution in [1.29, 1.82) is 5.26 Å². The molecule has 0 bridgehead atoms. The number of aromatic nitrogens is 2. The van der Waals surface area contributed by atoms with Crippen LogP contribution in [0.5, 0.6) is 0 Å². The summed E-state index contributed by atoms with van der Waals surface area (Å²) in [6, 6.07) is 16.4. The van der Waals surface area contributed by atoms with E-state index in [4.69, 9.17) is 4.99 Å². The van der Waals surface area contributed by atoms with Crippen LogP contribution < -0.4 is 4.90 Å². The minimum Gasteiger partial charge on any atom is -0.372 e. The van der Waals surface area contributed by atoms with Gasteiger partial charge in [-0.3, -0.25) is 4.98 Å². The minimum absolute atomic E-state index is 0.658. The van der Waals surface area contributed by atoms with Gasteiger partial charge >= 0.3 is 0 Å². The molecule has 0 unspecified atom stereocenters. The first kappa shape index (κ1) is 23.2. The van der Waals surface area contributed by atoms with E-state index in [1.54, 1.807) is 6.20 Å². The van der Waals surface area contributed by atoms with E-state index in [1.165, 1.54) is 0 Å². The third-order valence-electron chi connectivity index (χ3n) is 6.09. The topological polar surface area (TPSA) is 68.4 Å². The summed E-state index contributed by atoms with van der Waals surface area (Å²) in [4.78, 5) is 18.2. The Labute approximate surface area is 201 Å². The summed E-state index contributed by atoms with van der Waals surface area (Å²) < 4.78 is 0. The number of allylic oxidation sites excluding steroid dienone is 1. The first-order valence-corrected chi connectivity index (χ1v) is 11.5. The van der Waals surface area contributed by atoms with Gasteiger partial charge in [-0.15, -0.1) is 0 Å². The summed E-state index contributed by atoms with van der Waals surface area (Å²) in [5, 5.41) is 9.70. The van der Waals surface area contributed by atoms with E-state index in [0.29, 0.717) is 17.8 Å². The zero-order valence-corrected chi connectivity index (χ0v) is 20.1. The maximum Gasteiger partial charge on any atom is 0.151 e. The van der Waals surface area contributed by atoms with Gasteiger partial charge in [-0.05, 0) is 67.8 Å². The number of nitriles is 1. The summed E-state index contributed by atoms with van der Waals surface area (Å²) in [7, 11) is 0. The van der Waals surface area contributed by atoms with Gasteiger partial charge in [-0.25, -0.2) is 9.98 Å². The van der Waals surface area contributed by atoms with Gasteiger partial charge in [0.25, 0.3) is 0 Å². The third-order valence-corrected chi connectivity index (χ3v) is 6.09. The van der Waals surface area contributed by atoms with Crippen LogP contribution in [-0.4, -0.2) is 46.8 Å². The van der Waals surface area contributed by atoms with Crippen LogP contribution in [0.2, 0.25) is 0 Å². The highest BCUT2D eigenvalue weighted by molar-refractivity contribution is 5.86. The van der Waals surface area contributed by atoms with Crippen molar-refractivity contribution in [2.45, 2.75) is 27.2 Å². The van der Waals surface area contributed by atoms with Gasteiger partial charge in [0.05, 0.1) is 23.5 Å². The van der Waals surface area contributed by atoms with E-state index in [2.05, 4.69) is 51.5 Å². The van der Waals surface area contributed by atoms with Crippen molar-refractivity contribution in [3.05, 3.63) is 84.0 Å². The molecule has 1 fully saturated rings. The second-order valence-electron chi connectivity index (χ2n) is 8.79. The summed E-state index contributed by atoms with van der Waals surface area (Å²) in [5.41, 5.74) is 7.77. The van der Waals surface area contributed by atoms with Gasteiger partial charge < -0.3 is 9.80 Å². The summed E-state index contributed by atoms with van der Waals surface area (Å²) in [6.07, 6.45) is 4.34. The van der Waals surface area contributed by atoms with E-state index in [1.807, 2.05) is 50.4 Å².